The maximum atomic E-state index is 12.8. The first-order valence-electron chi connectivity index (χ1n) is 7.43. The predicted molar refractivity (Wildman–Crippen MR) is 76.3 cm³/mol. The van der Waals surface area contributed by atoms with Gasteiger partial charge in [0.2, 0.25) is 0 Å². The zero-order chi connectivity index (χ0) is 15.6. The standard InChI is InChI=1S/C15H22N2O4/c1-9(2)13-12(10(3)16-21-13)14(18)17-8-6-4-5-7-11(17)15(19)20/h9,11H,4-8H2,1-3H3,(H,19,20). The summed E-state index contributed by atoms with van der Waals surface area (Å²) >= 11 is 0. The minimum absolute atomic E-state index is 0.0282. The van der Waals surface area contributed by atoms with Crippen LogP contribution in [0.15, 0.2) is 4.52 Å². The summed E-state index contributed by atoms with van der Waals surface area (Å²) in [5, 5.41) is 13.3. The zero-order valence-electron chi connectivity index (χ0n) is 12.8. The summed E-state index contributed by atoms with van der Waals surface area (Å²) in [5.41, 5.74) is 0.954. The van der Waals surface area contributed by atoms with Crippen LogP contribution in [-0.4, -0.2) is 39.6 Å². The summed E-state index contributed by atoms with van der Waals surface area (Å²) in [6.07, 6.45) is 3.12. The van der Waals surface area contributed by atoms with Gasteiger partial charge in [-0.2, -0.15) is 0 Å². The van der Waals surface area contributed by atoms with Crippen LogP contribution in [-0.2, 0) is 4.79 Å². The van der Waals surface area contributed by atoms with Crippen LogP contribution >= 0.6 is 0 Å². The van der Waals surface area contributed by atoms with E-state index < -0.39 is 12.0 Å². The van der Waals surface area contributed by atoms with Crippen molar-refractivity contribution in [3.8, 4) is 0 Å². The van der Waals surface area contributed by atoms with Crippen molar-refractivity contribution >= 4 is 11.9 Å². The second kappa shape index (κ2) is 6.28. The third-order valence-corrected chi connectivity index (χ3v) is 3.93. The van der Waals surface area contributed by atoms with Crippen LogP contribution in [0.4, 0.5) is 0 Å². The van der Waals surface area contributed by atoms with Crippen LogP contribution in [0.3, 0.4) is 0 Å². The molecule has 0 bridgehead atoms. The largest absolute Gasteiger partial charge is 0.480 e. The molecule has 1 N–H and O–H groups in total. The summed E-state index contributed by atoms with van der Waals surface area (Å²) in [6.45, 7) is 6.04. The Kier molecular flexibility index (Phi) is 4.65. The minimum atomic E-state index is -0.939. The second-order valence-corrected chi connectivity index (χ2v) is 5.86. The van der Waals surface area contributed by atoms with Gasteiger partial charge in [-0.3, -0.25) is 4.79 Å². The van der Waals surface area contributed by atoms with E-state index in [0.29, 0.717) is 30.0 Å². The van der Waals surface area contributed by atoms with Gasteiger partial charge in [-0.1, -0.05) is 31.8 Å². The van der Waals surface area contributed by atoms with Crippen molar-refractivity contribution in [1.82, 2.24) is 10.1 Å². The monoisotopic (exact) mass is 294 g/mol. The Morgan fingerprint density at radius 1 is 1.33 bits per heavy atom. The molecule has 1 aromatic rings. The number of carbonyl (C=O) groups excluding carboxylic acids is 1. The molecule has 1 unspecified atom stereocenters. The SMILES string of the molecule is Cc1noc(C(C)C)c1C(=O)N1CCCCCC1C(=O)O. The fourth-order valence-electron chi connectivity index (χ4n) is 2.79. The average Bonchev–Trinajstić information content (AvgIpc) is 2.66. The van der Waals surface area contributed by atoms with Gasteiger partial charge in [0.1, 0.15) is 11.6 Å². The number of amides is 1. The van der Waals surface area contributed by atoms with Gasteiger partial charge in [0, 0.05) is 12.5 Å². The molecule has 6 heteroatoms. The molecule has 1 amide bonds. The van der Waals surface area contributed by atoms with E-state index in [-0.39, 0.29) is 11.8 Å². The quantitative estimate of drug-likeness (QED) is 0.926. The van der Waals surface area contributed by atoms with E-state index in [1.807, 2.05) is 13.8 Å². The third-order valence-electron chi connectivity index (χ3n) is 3.93. The highest BCUT2D eigenvalue weighted by Gasteiger charge is 2.34. The highest BCUT2D eigenvalue weighted by Crippen LogP contribution is 2.26. The number of aliphatic carboxylic acids is 1. The Morgan fingerprint density at radius 3 is 2.67 bits per heavy atom. The fraction of sp³-hybridized carbons (Fsp3) is 0.667. The number of carboxylic acid groups (broad SMARTS) is 1. The molecule has 1 aliphatic rings. The van der Waals surface area contributed by atoms with Gasteiger partial charge in [-0.05, 0) is 19.8 Å². The predicted octanol–water partition coefficient (Wildman–Crippen LogP) is 2.58. The Bertz CT molecular complexity index is 536. The van der Waals surface area contributed by atoms with Gasteiger partial charge in [0.05, 0.1) is 5.69 Å². The molecule has 0 radical (unpaired) electrons. The highest BCUT2D eigenvalue weighted by atomic mass is 16.5. The first-order valence-corrected chi connectivity index (χ1v) is 7.43. The van der Waals surface area contributed by atoms with Crippen molar-refractivity contribution in [3.63, 3.8) is 0 Å². The molecule has 0 spiro atoms. The molecule has 0 aromatic carbocycles. The molecular weight excluding hydrogens is 272 g/mol. The molecule has 1 saturated heterocycles. The lowest BCUT2D eigenvalue weighted by molar-refractivity contribution is -0.142. The van der Waals surface area contributed by atoms with E-state index in [0.717, 1.165) is 19.3 Å². The van der Waals surface area contributed by atoms with E-state index in [4.69, 9.17) is 4.52 Å². The van der Waals surface area contributed by atoms with Crippen molar-refractivity contribution in [2.45, 2.75) is 58.4 Å². The molecule has 0 saturated carbocycles. The fourth-order valence-corrected chi connectivity index (χ4v) is 2.79. The van der Waals surface area contributed by atoms with Gasteiger partial charge in [0.15, 0.2) is 5.76 Å². The summed E-state index contributed by atoms with van der Waals surface area (Å²) in [5.74, 6) is -0.650. The number of hydrogen-bond donors (Lipinski definition) is 1. The van der Waals surface area contributed by atoms with Gasteiger partial charge in [0.25, 0.3) is 5.91 Å². The van der Waals surface area contributed by atoms with Crippen molar-refractivity contribution < 1.29 is 19.2 Å². The first kappa shape index (κ1) is 15.5. The summed E-state index contributed by atoms with van der Waals surface area (Å²) in [7, 11) is 0. The van der Waals surface area contributed by atoms with Crippen molar-refractivity contribution in [2.24, 2.45) is 0 Å². The topological polar surface area (TPSA) is 83.6 Å². The Hall–Kier alpha value is -1.85. The first-order chi connectivity index (χ1) is 9.93. The van der Waals surface area contributed by atoms with Crippen LogP contribution in [0.1, 0.15) is 67.3 Å². The normalized spacial score (nSPS) is 19.6. The number of aromatic nitrogens is 1. The molecule has 6 nitrogen and oxygen atoms in total. The van der Waals surface area contributed by atoms with E-state index >= 15 is 0 Å². The molecule has 21 heavy (non-hydrogen) atoms. The second-order valence-electron chi connectivity index (χ2n) is 5.86. The summed E-state index contributed by atoms with van der Waals surface area (Å²) < 4.78 is 5.25. The molecule has 2 heterocycles. The molecule has 1 atom stereocenters. The zero-order valence-corrected chi connectivity index (χ0v) is 12.8. The van der Waals surface area contributed by atoms with Crippen LogP contribution in [0.25, 0.3) is 0 Å². The lowest BCUT2D eigenvalue weighted by atomic mass is 10.0. The van der Waals surface area contributed by atoms with E-state index in [1.54, 1.807) is 6.92 Å². The van der Waals surface area contributed by atoms with Crippen LogP contribution in [0, 0.1) is 6.92 Å². The summed E-state index contributed by atoms with van der Waals surface area (Å²) in [4.78, 5) is 25.8. The van der Waals surface area contributed by atoms with E-state index in [2.05, 4.69) is 5.16 Å². The van der Waals surface area contributed by atoms with E-state index in [1.165, 1.54) is 4.90 Å². The average molecular weight is 294 g/mol. The van der Waals surface area contributed by atoms with Crippen LogP contribution < -0.4 is 0 Å². The number of aryl methyl sites for hydroxylation is 1. The van der Waals surface area contributed by atoms with E-state index in [9.17, 15) is 14.7 Å². The smallest absolute Gasteiger partial charge is 0.326 e. The Labute approximate surface area is 124 Å². The maximum absolute atomic E-state index is 12.8. The van der Waals surface area contributed by atoms with Gasteiger partial charge in [-0.25, -0.2) is 4.79 Å². The lowest BCUT2D eigenvalue weighted by Crippen LogP contribution is -2.45. The molecule has 0 aliphatic carbocycles. The van der Waals surface area contributed by atoms with Crippen LogP contribution in [0.5, 0.6) is 0 Å². The highest BCUT2D eigenvalue weighted by molar-refractivity contribution is 5.98. The van der Waals surface area contributed by atoms with Gasteiger partial charge in [-0.15, -0.1) is 0 Å². The third kappa shape index (κ3) is 3.09. The van der Waals surface area contributed by atoms with Crippen molar-refractivity contribution in [3.05, 3.63) is 17.0 Å². The van der Waals surface area contributed by atoms with Gasteiger partial charge >= 0.3 is 5.97 Å². The van der Waals surface area contributed by atoms with Crippen molar-refractivity contribution in [2.75, 3.05) is 6.54 Å². The molecule has 1 aliphatic heterocycles. The van der Waals surface area contributed by atoms with Crippen molar-refractivity contribution in [1.29, 1.82) is 0 Å². The van der Waals surface area contributed by atoms with Gasteiger partial charge < -0.3 is 14.5 Å². The number of hydrogen-bond acceptors (Lipinski definition) is 4. The number of likely N-dealkylation sites (tertiary alicyclic amines) is 1. The molecule has 116 valence electrons. The van der Waals surface area contributed by atoms with Crippen LogP contribution in [0.2, 0.25) is 0 Å². The maximum Gasteiger partial charge on any atom is 0.326 e. The Morgan fingerprint density at radius 2 is 2.05 bits per heavy atom. The Balaban J connectivity index is 2.37. The molecule has 1 fully saturated rings. The minimum Gasteiger partial charge on any atom is -0.480 e. The summed E-state index contributed by atoms with van der Waals surface area (Å²) in [6, 6.07) is -0.755. The molecule has 1 aromatic heterocycles. The number of carbonyl (C=O) groups is 2. The lowest BCUT2D eigenvalue weighted by Gasteiger charge is -2.27. The molecule has 2 rings (SSSR count). The molecular formula is C15H22N2O4. The number of carboxylic acids is 1. The number of rotatable bonds is 3. The number of nitrogens with zero attached hydrogens (tertiary/aromatic N) is 2.